The van der Waals surface area contributed by atoms with Gasteiger partial charge in [-0.3, -0.25) is 4.79 Å². The smallest absolute Gasteiger partial charge is 0.322 e. The zero-order chi connectivity index (χ0) is 24.7. The fourth-order valence-corrected chi connectivity index (χ4v) is 3.80. The molecule has 0 radical (unpaired) electrons. The molecule has 6 nitrogen and oxygen atoms in total. The first-order valence-electron chi connectivity index (χ1n) is 11.7. The largest absolute Gasteiger partial charge is 0.464 e. The predicted molar refractivity (Wildman–Crippen MR) is 135 cm³/mol. The number of rotatable bonds is 9. The summed E-state index contributed by atoms with van der Waals surface area (Å²) in [4.78, 5) is 30.0. The summed E-state index contributed by atoms with van der Waals surface area (Å²) in [6, 6.07) is 19.2. The first kappa shape index (κ1) is 25.1. The van der Waals surface area contributed by atoms with Gasteiger partial charge >= 0.3 is 6.03 Å². The summed E-state index contributed by atoms with van der Waals surface area (Å²) in [5.74, 6) is 1.61. The molecule has 0 aliphatic heterocycles. The van der Waals surface area contributed by atoms with Gasteiger partial charge in [-0.1, -0.05) is 56.3 Å². The molecule has 1 N–H and O–H groups in total. The number of anilines is 1. The van der Waals surface area contributed by atoms with Crippen LogP contribution in [0.1, 0.15) is 42.1 Å². The van der Waals surface area contributed by atoms with Crippen molar-refractivity contribution in [2.75, 3.05) is 18.4 Å². The molecular weight excluding hydrogens is 426 g/mol. The molecule has 0 aliphatic rings. The molecule has 34 heavy (non-hydrogen) atoms. The molecule has 0 fully saturated rings. The number of carbonyl (C=O) groups excluding carboxylic acids is 2. The van der Waals surface area contributed by atoms with E-state index in [1.165, 1.54) is 0 Å². The number of aryl methyl sites for hydroxylation is 2. The fraction of sp³-hybridized carbons (Fsp3) is 0.357. The summed E-state index contributed by atoms with van der Waals surface area (Å²) in [5, 5.41) is 3.00. The summed E-state index contributed by atoms with van der Waals surface area (Å²) < 4.78 is 5.74. The molecule has 0 saturated heterocycles. The van der Waals surface area contributed by atoms with E-state index in [1.54, 1.807) is 9.80 Å². The lowest BCUT2D eigenvalue weighted by atomic mass is 10.1. The summed E-state index contributed by atoms with van der Waals surface area (Å²) in [6.07, 6.45) is 0. The minimum atomic E-state index is -0.274. The molecule has 1 aromatic heterocycles. The highest BCUT2D eigenvalue weighted by atomic mass is 16.3. The van der Waals surface area contributed by atoms with E-state index in [0.717, 1.165) is 33.9 Å². The summed E-state index contributed by atoms with van der Waals surface area (Å²) >= 11 is 0. The molecule has 0 saturated carbocycles. The van der Waals surface area contributed by atoms with Crippen LogP contribution in [0, 0.1) is 26.7 Å². The highest BCUT2D eigenvalue weighted by Crippen LogP contribution is 2.19. The van der Waals surface area contributed by atoms with Crippen molar-refractivity contribution < 1.29 is 14.0 Å². The topological polar surface area (TPSA) is 65.8 Å². The van der Waals surface area contributed by atoms with Crippen molar-refractivity contribution in [3.8, 4) is 0 Å². The van der Waals surface area contributed by atoms with Crippen LogP contribution in [0.4, 0.5) is 10.5 Å². The molecule has 3 aromatic rings. The van der Waals surface area contributed by atoms with Gasteiger partial charge in [0.25, 0.3) is 0 Å². The average molecular weight is 462 g/mol. The van der Waals surface area contributed by atoms with E-state index >= 15 is 0 Å². The van der Waals surface area contributed by atoms with Gasteiger partial charge in [0.1, 0.15) is 18.1 Å². The van der Waals surface area contributed by atoms with E-state index in [0.29, 0.717) is 19.6 Å². The number of hydrogen-bond donors (Lipinski definition) is 1. The van der Waals surface area contributed by atoms with E-state index in [1.807, 2.05) is 95.3 Å². The van der Waals surface area contributed by atoms with Gasteiger partial charge in [0.05, 0.1) is 6.54 Å². The number of amides is 3. The number of carbonyl (C=O) groups is 2. The fourth-order valence-electron chi connectivity index (χ4n) is 3.80. The summed E-state index contributed by atoms with van der Waals surface area (Å²) in [6.45, 7) is 11.2. The van der Waals surface area contributed by atoms with E-state index in [-0.39, 0.29) is 24.4 Å². The molecule has 6 heteroatoms. The monoisotopic (exact) mass is 461 g/mol. The van der Waals surface area contributed by atoms with Crippen LogP contribution < -0.4 is 5.32 Å². The molecule has 0 bridgehead atoms. The van der Waals surface area contributed by atoms with Gasteiger partial charge in [0.15, 0.2) is 0 Å². The summed E-state index contributed by atoms with van der Waals surface area (Å²) in [5.41, 5.74) is 3.91. The Labute approximate surface area is 202 Å². The zero-order valence-corrected chi connectivity index (χ0v) is 20.8. The van der Waals surface area contributed by atoms with Crippen molar-refractivity contribution >= 4 is 17.6 Å². The van der Waals surface area contributed by atoms with Gasteiger partial charge in [0.2, 0.25) is 5.91 Å². The predicted octanol–water partition coefficient (Wildman–Crippen LogP) is 5.92. The Morgan fingerprint density at radius 3 is 2.26 bits per heavy atom. The Bertz CT molecular complexity index is 1110. The number of nitrogens with zero attached hydrogens (tertiary/aromatic N) is 2. The van der Waals surface area contributed by atoms with E-state index in [2.05, 4.69) is 5.32 Å². The Kier molecular flexibility index (Phi) is 8.52. The minimum Gasteiger partial charge on any atom is -0.464 e. The molecule has 2 aromatic carbocycles. The minimum absolute atomic E-state index is 0.0125. The Balaban J connectivity index is 1.79. The second-order valence-electron chi connectivity index (χ2n) is 9.20. The maximum Gasteiger partial charge on any atom is 0.322 e. The van der Waals surface area contributed by atoms with E-state index in [4.69, 9.17) is 4.42 Å². The molecule has 3 amide bonds. The number of urea groups is 1. The van der Waals surface area contributed by atoms with Gasteiger partial charge in [-0.05, 0) is 61.6 Å². The number of benzene rings is 2. The lowest BCUT2D eigenvalue weighted by Gasteiger charge is -2.29. The molecule has 0 atom stereocenters. The van der Waals surface area contributed by atoms with Crippen LogP contribution in [-0.2, 0) is 17.9 Å². The standard InChI is InChI=1S/C28H35N3O3/c1-20(2)16-31(28(33)29-26-13-9-10-21(3)23(26)5)19-27(32)30(17-24-11-7-6-8-12-24)18-25-15-14-22(4)34-25/h6-15,20H,16-19H2,1-5H3,(H,29,33). The molecule has 1 heterocycles. The molecule has 0 spiro atoms. The normalized spacial score (nSPS) is 10.9. The van der Waals surface area contributed by atoms with Crippen molar-refractivity contribution in [1.82, 2.24) is 9.80 Å². The van der Waals surface area contributed by atoms with Gasteiger partial charge in [-0.2, -0.15) is 0 Å². The number of hydrogen-bond acceptors (Lipinski definition) is 3. The zero-order valence-electron chi connectivity index (χ0n) is 20.8. The number of nitrogens with one attached hydrogen (secondary N) is 1. The van der Waals surface area contributed by atoms with Crippen LogP contribution >= 0.6 is 0 Å². The van der Waals surface area contributed by atoms with E-state index < -0.39 is 0 Å². The molecule has 0 aliphatic carbocycles. The quantitative estimate of drug-likeness (QED) is 0.430. The Morgan fingerprint density at radius 2 is 1.62 bits per heavy atom. The molecule has 180 valence electrons. The SMILES string of the molecule is Cc1ccc(CN(Cc2ccccc2)C(=O)CN(CC(C)C)C(=O)Nc2cccc(C)c2C)o1. The third-order valence-electron chi connectivity index (χ3n) is 5.76. The van der Waals surface area contributed by atoms with Crippen LogP contribution in [0.15, 0.2) is 65.1 Å². The van der Waals surface area contributed by atoms with Crippen LogP contribution in [-0.4, -0.2) is 34.8 Å². The van der Waals surface area contributed by atoms with Gasteiger partial charge in [-0.25, -0.2) is 4.79 Å². The maximum absolute atomic E-state index is 13.5. The second-order valence-corrected chi connectivity index (χ2v) is 9.20. The van der Waals surface area contributed by atoms with Crippen molar-refractivity contribution in [3.63, 3.8) is 0 Å². The van der Waals surface area contributed by atoms with Gasteiger partial charge < -0.3 is 19.5 Å². The lowest BCUT2D eigenvalue weighted by Crippen LogP contribution is -2.45. The van der Waals surface area contributed by atoms with Crippen molar-refractivity contribution in [2.24, 2.45) is 5.92 Å². The summed E-state index contributed by atoms with van der Waals surface area (Å²) in [7, 11) is 0. The van der Waals surface area contributed by atoms with Crippen LogP contribution in [0.25, 0.3) is 0 Å². The van der Waals surface area contributed by atoms with Crippen molar-refractivity contribution in [3.05, 3.63) is 88.9 Å². The maximum atomic E-state index is 13.5. The van der Waals surface area contributed by atoms with Gasteiger partial charge in [-0.15, -0.1) is 0 Å². The first-order valence-corrected chi connectivity index (χ1v) is 11.7. The first-order chi connectivity index (χ1) is 16.2. The van der Waals surface area contributed by atoms with Crippen LogP contribution in [0.3, 0.4) is 0 Å². The Morgan fingerprint density at radius 1 is 0.882 bits per heavy atom. The highest BCUT2D eigenvalue weighted by Gasteiger charge is 2.24. The molecular formula is C28H35N3O3. The molecule has 3 rings (SSSR count). The van der Waals surface area contributed by atoms with Crippen LogP contribution in [0.2, 0.25) is 0 Å². The molecule has 0 unspecified atom stereocenters. The second kappa shape index (κ2) is 11.5. The van der Waals surface area contributed by atoms with Crippen LogP contribution in [0.5, 0.6) is 0 Å². The Hall–Kier alpha value is -3.54. The van der Waals surface area contributed by atoms with Crippen molar-refractivity contribution in [1.29, 1.82) is 0 Å². The lowest BCUT2D eigenvalue weighted by molar-refractivity contribution is -0.133. The number of furan rings is 1. The highest BCUT2D eigenvalue weighted by molar-refractivity contribution is 5.93. The van der Waals surface area contributed by atoms with Crippen molar-refractivity contribution in [2.45, 2.75) is 47.7 Å². The average Bonchev–Trinajstić information content (AvgIpc) is 3.21. The van der Waals surface area contributed by atoms with E-state index in [9.17, 15) is 9.59 Å². The third kappa shape index (κ3) is 6.98. The third-order valence-corrected chi connectivity index (χ3v) is 5.76. The van der Waals surface area contributed by atoms with Gasteiger partial charge in [0, 0.05) is 18.8 Å².